The zero-order chi connectivity index (χ0) is 21.2. The van der Waals surface area contributed by atoms with Gasteiger partial charge in [-0.1, -0.05) is 18.2 Å². The van der Waals surface area contributed by atoms with E-state index in [0.717, 1.165) is 11.3 Å². The highest BCUT2D eigenvalue weighted by Crippen LogP contribution is 2.29. The van der Waals surface area contributed by atoms with E-state index in [-0.39, 0.29) is 23.9 Å². The first-order chi connectivity index (χ1) is 14.0. The second-order valence-corrected chi connectivity index (χ2v) is 7.33. The summed E-state index contributed by atoms with van der Waals surface area (Å²) in [5, 5.41) is 2.98. The maximum Gasteiger partial charge on any atom is 0.310 e. The van der Waals surface area contributed by atoms with E-state index in [9.17, 15) is 9.59 Å². The van der Waals surface area contributed by atoms with Crippen molar-refractivity contribution >= 4 is 11.9 Å². The molecule has 1 aliphatic carbocycles. The summed E-state index contributed by atoms with van der Waals surface area (Å²) >= 11 is 0. The highest BCUT2D eigenvalue weighted by molar-refractivity contribution is 5.86. The molecule has 1 aromatic carbocycles. The molecule has 0 fully saturated rings. The van der Waals surface area contributed by atoms with Gasteiger partial charge < -0.3 is 19.5 Å². The highest BCUT2D eigenvalue weighted by atomic mass is 16.5. The van der Waals surface area contributed by atoms with E-state index < -0.39 is 5.92 Å². The molecule has 0 heterocycles. The first kappa shape index (κ1) is 22.8. The fourth-order valence-corrected chi connectivity index (χ4v) is 3.40. The smallest absolute Gasteiger partial charge is 0.310 e. The largest absolute Gasteiger partial charge is 0.490 e. The Bertz CT molecular complexity index is 713. The number of hydrogen-bond donors (Lipinski definition) is 1. The molecule has 1 aromatic rings. The normalized spacial score (nSPS) is 18.4. The lowest BCUT2D eigenvalue weighted by Crippen LogP contribution is -2.40. The lowest BCUT2D eigenvalue weighted by molar-refractivity contribution is -0.156. The van der Waals surface area contributed by atoms with Crippen molar-refractivity contribution in [1.29, 1.82) is 0 Å². The van der Waals surface area contributed by atoms with Gasteiger partial charge in [0.1, 0.15) is 0 Å². The average Bonchev–Trinajstić information content (AvgIpc) is 2.69. The van der Waals surface area contributed by atoms with E-state index >= 15 is 0 Å². The summed E-state index contributed by atoms with van der Waals surface area (Å²) in [6.45, 7) is 9.13. The predicted molar refractivity (Wildman–Crippen MR) is 112 cm³/mol. The van der Waals surface area contributed by atoms with Crippen molar-refractivity contribution in [2.24, 2.45) is 11.8 Å². The summed E-state index contributed by atoms with van der Waals surface area (Å²) in [6, 6.07) is 5.83. The van der Waals surface area contributed by atoms with Crippen LogP contribution in [0.15, 0.2) is 30.4 Å². The maximum atomic E-state index is 12.7. The third-order valence-electron chi connectivity index (χ3n) is 4.74. The third kappa shape index (κ3) is 6.80. The Balaban J connectivity index is 1.93. The van der Waals surface area contributed by atoms with Crippen LogP contribution in [-0.2, 0) is 20.7 Å². The standard InChI is InChI=1S/C23H33NO5/c1-5-27-20-12-11-17(15-21(20)28-6-2)13-14-24-22(25)18-9-7-8-10-19(18)23(26)29-16(3)4/h7-8,11-12,15-16,18-19H,5-6,9-10,13-14H2,1-4H3,(H,24,25)/t18-,19+/m0/s1. The molecule has 0 aliphatic heterocycles. The number of amides is 1. The minimum Gasteiger partial charge on any atom is -0.490 e. The number of nitrogens with one attached hydrogen (secondary N) is 1. The van der Waals surface area contributed by atoms with Crippen molar-refractivity contribution in [2.75, 3.05) is 19.8 Å². The molecule has 160 valence electrons. The molecule has 0 spiro atoms. The molecule has 0 saturated carbocycles. The van der Waals surface area contributed by atoms with Crippen LogP contribution in [0.5, 0.6) is 11.5 Å². The Kier molecular flexibility index (Phi) is 9.03. The third-order valence-corrected chi connectivity index (χ3v) is 4.74. The van der Waals surface area contributed by atoms with Gasteiger partial charge in [-0.15, -0.1) is 0 Å². The van der Waals surface area contributed by atoms with Crippen molar-refractivity contribution < 1.29 is 23.8 Å². The summed E-state index contributed by atoms with van der Waals surface area (Å²) in [7, 11) is 0. The fourth-order valence-electron chi connectivity index (χ4n) is 3.40. The molecule has 0 saturated heterocycles. The lowest BCUT2D eigenvalue weighted by atomic mass is 9.82. The highest BCUT2D eigenvalue weighted by Gasteiger charge is 2.35. The van der Waals surface area contributed by atoms with E-state index in [0.29, 0.717) is 44.8 Å². The van der Waals surface area contributed by atoms with E-state index in [4.69, 9.17) is 14.2 Å². The molecule has 0 radical (unpaired) electrons. The molecule has 6 heteroatoms. The number of carbonyl (C=O) groups excluding carboxylic acids is 2. The topological polar surface area (TPSA) is 73.9 Å². The molecule has 2 rings (SSSR count). The van der Waals surface area contributed by atoms with Crippen LogP contribution in [0.3, 0.4) is 0 Å². The Morgan fingerprint density at radius 3 is 2.34 bits per heavy atom. The van der Waals surface area contributed by atoms with Gasteiger partial charge in [-0.05, 0) is 64.7 Å². The first-order valence-electron chi connectivity index (χ1n) is 10.5. The van der Waals surface area contributed by atoms with Crippen molar-refractivity contribution in [3.05, 3.63) is 35.9 Å². The van der Waals surface area contributed by atoms with Crippen LogP contribution in [0, 0.1) is 11.8 Å². The van der Waals surface area contributed by atoms with Crippen LogP contribution in [0.4, 0.5) is 0 Å². The molecule has 1 amide bonds. The molecule has 0 aromatic heterocycles. The summed E-state index contributed by atoms with van der Waals surface area (Å²) in [4.78, 5) is 25.0. The minimum absolute atomic E-state index is 0.101. The van der Waals surface area contributed by atoms with Crippen LogP contribution in [-0.4, -0.2) is 37.7 Å². The van der Waals surface area contributed by atoms with E-state index in [1.165, 1.54) is 0 Å². The summed E-state index contributed by atoms with van der Waals surface area (Å²) in [5.41, 5.74) is 1.05. The van der Waals surface area contributed by atoms with Gasteiger partial charge in [0.2, 0.25) is 5.91 Å². The minimum atomic E-state index is -0.419. The molecule has 2 atom stereocenters. The number of esters is 1. The van der Waals surface area contributed by atoms with Gasteiger partial charge in [-0.2, -0.15) is 0 Å². The van der Waals surface area contributed by atoms with Gasteiger partial charge in [0.25, 0.3) is 0 Å². The first-order valence-corrected chi connectivity index (χ1v) is 10.5. The predicted octanol–water partition coefficient (Wildman–Crippen LogP) is 3.68. The van der Waals surface area contributed by atoms with E-state index in [1.807, 2.05) is 58.0 Å². The van der Waals surface area contributed by atoms with Gasteiger partial charge >= 0.3 is 5.97 Å². The van der Waals surface area contributed by atoms with Crippen molar-refractivity contribution in [1.82, 2.24) is 5.32 Å². The molecule has 0 bridgehead atoms. The van der Waals surface area contributed by atoms with Crippen LogP contribution in [0.2, 0.25) is 0 Å². The number of allylic oxidation sites excluding steroid dienone is 2. The summed E-state index contributed by atoms with van der Waals surface area (Å²) in [6.07, 6.45) is 5.50. The van der Waals surface area contributed by atoms with Gasteiger partial charge in [-0.3, -0.25) is 9.59 Å². The quantitative estimate of drug-likeness (QED) is 0.477. The average molecular weight is 404 g/mol. The Hall–Kier alpha value is -2.50. The van der Waals surface area contributed by atoms with Crippen LogP contribution in [0.1, 0.15) is 46.1 Å². The monoisotopic (exact) mass is 403 g/mol. The number of carbonyl (C=O) groups is 2. The van der Waals surface area contributed by atoms with Crippen LogP contribution in [0.25, 0.3) is 0 Å². The Labute approximate surface area is 173 Å². The van der Waals surface area contributed by atoms with Crippen molar-refractivity contribution in [2.45, 2.75) is 53.1 Å². The molecule has 6 nitrogen and oxygen atoms in total. The van der Waals surface area contributed by atoms with Gasteiger partial charge in [-0.25, -0.2) is 0 Å². The molecule has 1 aliphatic rings. The maximum absolute atomic E-state index is 12.7. The second kappa shape index (κ2) is 11.5. The van der Waals surface area contributed by atoms with Crippen molar-refractivity contribution in [3.63, 3.8) is 0 Å². The fraction of sp³-hybridized carbons (Fsp3) is 0.565. The zero-order valence-corrected chi connectivity index (χ0v) is 17.9. The Morgan fingerprint density at radius 2 is 1.69 bits per heavy atom. The van der Waals surface area contributed by atoms with Gasteiger partial charge in [0.15, 0.2) is 11.5 Å². The number of benzene rings is 1. The molecule has 29 heavy (non-hydrogen) atoms. The summed E-state index contributed by atoms with van der Waals surface area (Å²) in [5.74, 6) is 0.242. The Morgan fingerprint density at radius 1 is 1.03 bits per heavy atom. The molecular formula is C23H33NO5. The van der Waals surface area contributed by atoms with Crippen LogP contribution >= 0.6 is 0 Å². The van der Waals surface area contributed by atoms with E-state index in [2.05, 4.69) is 5.32 Å². The number of rotatable bonds is 10. The van der Waals surface area contributed by atoms with Crippen LogP contribution < -0.4 is 14.8 Å². The van der Waals surface area contributed by atoms with E-state index in [1.54, 1.807) is 0 Å². The lowest BCUT2D eigenvalue weighted by Gasteiger charge is -2.26. The van der Waals surface area contributed by atoms with Gasteiger partial charge in [0.05, 0.1) is 31.2 Å². The molecule has 1 N–H and O–H groups in total. The number of ether oxygens (including phenoxy) is 3. The molecular weight excluding hydrogens is 370 g/mol. The second-order valence-electron chi connectivity index (χ2n) is 7.33. The van der Waals surface area contributed by atoms with Crippen molar-refractivity contribution in [3.8, 4) is 11.5 Å². The zero-order valence-electron chi connectivity index (χ0n) is 17.9. The SMILES string of the molecule is CCOc1ccc(CCNC(=O)[C@H]2CC=CC[C@H]2C(=O)OC(C)C)cc1OCC. The van der Waals surface area contributed by atoms with Gasteiger partial charge in [0, 0.05) is 6.54 Å². The molecule has 0 unspecified atom stereocenters. The number of hydrogen-bond acceptors (Lipinski definition) is 5. The summed E-state index contributed by atoms with van der Waals surface area (Å²) < 4.78 is 16.6.